The average Bonchev–Trinajstić information content (AvgIpc) is 3.13. The number of halogens is 3. The van der Waals surface area contributed by atoms with E-state index in [0.717, 1.165) is 23.9 Å². The number of carbonyl (C=O) groups excluding carboxylic acids is 1. The number of nitrogens with one attached hydrogen (secondary N) is 2. The van der Waals surface area contributed by atoms with Gasteiger partial charge in [0.25, 0.3) is 10.8 Å². The van der Waals surface area contributed by atoms with Crippen LogP contribution in [0, 0.1) is 0 Å². The Hall–Kier alpha value is -3.35. The summed E-state index contributed by atoms with van der Waals surface area (Å²) in [6.45, 7) is 0.192. The molecule has 0 aliphatic rings. The second-order valence-corrected chi connectivity index (χ2v) is 6.86. The molecule has 1 amide bonds. The van der Waals surface area contributed by atoms with E-state index < -0.39 is 28.9 Å². The van der Waals surface area contributed by atoms with E-state index in [1.165, 1.54) is 29.0 Å². The number of alkyl halides is 3. The molecule has 2 aromatic heterocycles. The number of rotatable bonds is 7. The van der Waals surface area contributed by atoms with Crippen LogP contribution in [0.15, 0.2) is 55.8 Å². The van der Waals surface area contributed by atoms with Gasteiger partial charge < -0.3 is 14.3 Å². The molecule has 0 aliphatic carbocycles. The summed E-state index contributed by atoms with van der Waals surface area (Å²) in [7, 11) is 0. The first-order valence-electron chi connectivity index (χ1n) is 8.43. The second-order valence-electron chi connectivity index (χ2n) is 5.93. The average molecular weight is 441 g/mol. The van der Waals surface area contributed by atoms with Crippen LogP contribution >= 0.6 is 11.8 Å². The topological polar surface area (TPSA) is 123 Å². The molecule has 0 fully saturated rings. The molecular weight excluding hydrogens is 427 g/mol. The highest BCUT2D eigenvalue weighted by Crippen LogP contribution is 2.30. The fraction of sp³-hybridized carbons (Fsp3) is 0.235. The number of hydrogen-bond acceptors (Lipinski definition) is 7. The van der Waals surface area contributed by atoms with Crippen LogP contribution in [0.4, 0.5) is 18.9 Å². The summed E-state index contributed by atoms with van der Waals surface area (Å²) in [6.07, 6.45) is -2.95. The first kappa shape index (κ1) is 21.4. The first-order chi connectivity index (χ1) is 14.2. The van der Waals surface area contributed by atoms with Crippen LogP contribution < -0.4 is 16.6 Å². The number of benzene rings is 1. The summed E-state index contributed by atoms with van der Waals surface area (Å²) >= 11 is 0.915. The number of aromatic nitrogens is 4. The molecule has 0 aliphatic heterocycles. The molecule has 13 heteroatoms. The van der Waals surface area contributed by atoms with Gasteiger partial charge in [-0.15, -0.1) is 10.2 Å². The van der Waals surface area contributed by atoms with Gasteiger partial charge in [0.2, 0.25) is 11.8 Å². The Balaban J connectivity index is 1.51. The Labute approximate surface area is 170 Å². The summed E-state index contributed by atoms with van der Waals surface area (Å²) in [4.78, 5) is 36.7. The lowest BCUT2D eigenvalue weighted by atomic mass is 10.2. The molecule has 0 saturated heterocycles. The van der Waals surface area contributed by atoms with Gasteiger partial charge in [0.1, 0.15) is 0 Å². The number of aromatic amines is 1. The minimum Gasteiger partial charge on any atom is -0.416 e. The zero-order chi connectivity index (χ0) is 21.7. The van der Waals surface area contributed by atoms with Gasteiger partial charge in [0.05, 0.1) is 11.3 Å². The molecule has 1 aromatic carbocycles. The van der Waals surface area contributed by atoms with Crippen LogP contribution in [0.25, 0.3) is 0 Å². The molecule has 9 nitrogen and oxygen atoms in total. The number of aryl methyl sites for hydroxylation is 2. The Kier molecular flexibility index (Phi) is 6.40. The standard InChI is InChI=1S/C17H14F3N5O4S/c18-17(19,20)10-2-1-3-11(8-10)21-13(27)9-30-16-24-23-14(29-16)5-7-25-6-4-12(26)22-15(25)28/h1-4,6,8H,5,7,9H2,(H,21,27)(H,22,26,28). The van der Waals surface area contributed by atoms with Crippen molar-refractivity contribution in [2.24, 2.45) is 0 Å². The van der Waals surface area contributed by atoms with Gasteiger partial charge in [-0.25, -0.2) is 4.79 Å². The normalized spacial score (nSPS) is 11.4. The number of carbonyl (C=O) groups is 1. The number of hydrogen-bond donors (Lipinski definition) is 2. The lowest BCUT2D eigenvalue weighted by Crippen LogP contribution is -2.29. The van der Waals surface area contributed by atoms with Crippen molar-refractivity contribution < 1.29 is 22.4 Å². The molecule has 0 spiro atoms. The van der Waals surface area contributed by atoms with E-state index in [2.05, 4.69) is 20.5 Å². The largest absolute Gasteiger partial charge is 0.416 e. The number of amides is 1. The highest BCUT2D eigenvalue weighted by molar-refractivity contribution is 7.99. The molecular formula is C17H14F3N5O4S. The third kappa shape index (κ3) is 5.83. The minimum absolute atomic E-state index is 0.0213. The molecule has 2 N–H and O–H groups in total. The summed E-state index contributed by atoms with van der Waals surface area (Å²) in [6, 6.07) is 5.50. The van der Waals surface area contributed by atoms with Gasteiger partial charge in [-0.1, -0.05) is 17.8 Å². The maximum Gasteiger partial charge on any atom is 0.416 e. The third-order valence-electron chi connectivity index (χ3n) is 3.71. The Morgan fingerprint density at radius 1 is 1.23 bits per heavy atom. The van der Waals surface area contributed by atoms with Crippen molar-refractivity contribution in [2.45, 2.75) is 24.4 Å². The van der Waals surface area contributed by atoms with Crippen LogP contribution in [-0.4, -0.2) is 31.4 Å². The molecule has 0 bridgehead atoms. The lowest BCUT2D eigenvalue weighted by Gasteiger charge is -2.09. The number of H-pyrrole nitrogens is 1. The maximum absolute atomic E-state index is 12.7. The fourth-order valence-corrected chi connectivity index (χ4v) is 2.91. The van der Waals surface area contributed by atoms with Gasteiger partial charge in [-0.2, -0.15) is 13.2 Å². The summed E-state index contributed by atoms with van der Waals surface area (Å²) in [5, 5.41) is 10.0. The highest BCUT2D eigenvalue weighted by Gasteiger charge is 2.30. The molecule has 3 rings (SSSR count). The number of thioether (sulfide) groups is 1. The van der Waals surface area contributed by atoms with Crippen LogP contribution in [0.5, 0.6) is 0 Å². The van der Waals surface area contributed by atoms with Crippen molar-refractivity contribution in [3.63, 3.8) is 0 Å². The maximum atomic E-state index is 12.7. The smallest absolute Gasteiger partial charge is 0.416 e. The first-order valence-corrected chi connectivity index (χ1v) is 9.41. The van der Waals surface area contributed by atoms with Crippen molar-refractivity contribution in [3.8, 4) is 0 Å². The van der Waals surface area contributed by atoms with Crippen molar-refractivity contribution in [1.29, 1.82) is 0 Å². The fourth-order valence-electron chi connectivity index (χ4n) is 2.33. The van der Waals surface area contributed by atoms with Crippen LogP contribution in [0.3, 0.4) is 0 Å². The van der Waals surface area contributed by atoms with E-state index >= 15 is 0 Å². The highest BCUT2D eigenvalue weighted by atomic mass is 32.2. The van der Waals surface area contributed by atoms with Gasteiger partial charge in [0.15, 0.2) is 0 Å². The number of nitrogens with zero attached hydrogens (tertiary/aromatic N) is 3. The molecule has 3 aromatic rings. The van der Waals surface area contributed by atoms with Crippen LogP contribution in [-0.2, 0) is 23.9 Å². The number of anilines is 1. The minimum atomic E-state index is -4.50. The van der Waals surface area contributed by atoms with Crippen molar-refractivity contribution in [1.82, 2.24) is 19.7 Å². The Morgan fingerprint density at radius 3 is 2.77 bits per heavy atom. The van der Waals surface area contributed by atoms with E-state index in [1.54, 1.807) is 0 Å². The van der Waals surface area contributed by atoms with E-state index in [1.807, 2.05) is 0 Å². The van der Waals surface area contributed by atoms with Gasteiger partial charge in [-0.3, -0.25) is 14.6 Å². The van der Waals surface area contributed by atoms with Gasteiger partial charge in [-0.05, 0) is 18.2 Å². The summed E-state index contributed by atoms with van der Waals surface area (Å²) in [5.74, 6) is -0.482. The predicted molar refractivity (Wildman–Crippen MR) is 100 cm³/mol. The van der Waals surface area contributed by atoms with E-state index in [-0.39, 0.29) is 35.5 Å². The quantitative estimate of drug-likeness (QED) is 0.537. The molecule has 0 unspecified atom stereocenters. The molecule has 0 radical (unpaired) electrons. The monoisotopic (exact) mass is 441 g/mol. The summed E-state index contributed by atoms with van der Waals surface area (Å²) < 4.78 is 44.8. The summed E-state index contributed by atoms with van der Waals surface area (Å²) in [5.41, 5.74) is -1.91. The SMILES string of the molecule is O=C(CSc1nnc(CCn2ccc(=O)[nH]c2=O)o1)Nc1cccc(C(F)(F)F)c1. The molecule has 0 atom stereocenters. The molecule has 0 saturated carbocycles. The Morgan fingerprint density at radius 2 is 2.03 bits per heavy atom. The van der Waals surface area contributed by atoms with Gasteiger partial charge in [0, 0.05) is 30.9 Å². The Bertz CT molecular complexity index is 1150. The molecule has 30 heavy (non-hydrogen) atoms. The zero-order valence-electron chi connectivity index (χ0n) is 15.1. The van der Waals surface area contributed by atoms with Crippen molar-refractivity contribution >= 4 is 23.4 Å². The van der Waals surface area contributed by atoms with Crippen LogP contribution in [0.1, 0.15) is 11.5 Å². The van der Waals surface area contributed by atoms with E-state index in [0.29, 0.717) is 0 Å². The van der Waals surface area contributed by atoms with Crippen LogP contribution in [0.2, 0.25) is 0 Å². The van der Waals surface area contributed by atoms with Gasteiger partial charge >= 0.3 is 11.9 Å². The second kappa shape index (κ2) is 8.98. The van der Waals surface area contributed by atoms with Crippen molar-refractivity contribution in [3.05, 3.63) is 68.8 Å². The zero-order valence-corrected chi connectivity index (χ0v) is 15.9. The lowest BCUT2D eigenvalue weighted by molar-refractivity contribution is -0.137. The van der Waals surface area contributed by atoms with E-state index in [9.17, 15) is 27.6 Å². The molecule has 2 heterocycles. The molecule has 158 valence electrons. The van der Waals surface area contributed by atoms with E-state index in [4.69, 9.17) is 4.42 Å². The third-order valence-corrected chi connectivity index (χ3v) is 4.53. The van der Waals surface area contributed by atoms with Crippen molar-refractivity contribution in [2.75, 3.05) is 11.1 Å². The predicted octanol–water partition coefficient (Wildman–Crippen LogP) is 1.91.